The van der Waals surface area contributed by atoms with Gasteiger partial charge in [-0.25, -0.2) is 14.7 Å². The van der Waals surface area contributed by atoms with E-state index >= 15 is 0 Å². The molecule has 1 aliphatic rings. The van der Waals surface area contributed by atoms with Crippen molar-refractivity contribution >= 4 is 40.0 Å². The van der Waals surface area contributed by atoms with Crippen LogP contribution in [0.15, 0.2) is 9.95 Å². The number of carbonyl (C=O) groups excluding carboxylic acids is 2. The Morgan fingerprint density at radius 1 is 1.37 bits per heavy atom. The molecule has 2 aromatic rings. The van der Waals surface area contributed by atoms with E-state index in [4.69, 9.17) is 4.74 Å². The van der Waals surface area contributed by atoms with Crippen LogP contribution < -0.4 is 11.0 Å². The molecule has 146 valence electrons. The van der Waals surface area contributed by atoms with Crippen LogP contribution in [0.4, 0.5) is 5.00 Å². The molecule has 0 fully saturated rings. The quantitative estimate of drug-likeness (QED) is 0.536. The highest BCUT2D eigenvalue weighted by Gasteiger charge is 2.27. The van der Waals surface area contributed by atoms with Crippen LogP contribution in [0.1, 0.15) is 47.0 Å². The molecule has 0 spiro atoms. The zero-order valence-electron chi connectivity index (χ0n) is 15.3. The number of nitrogens with one attached hydrogen (secondary N) is 2. The SMILES string of the molecule is CCCn1c(SCC(=O)Nc2sc3c(c2C(=O)OC)CCCC3)n[nH]c1=O. The Hall–Kier alpha value is -2.07. The van der Waals surface area contributed by atoms with Crippen molar-refractivity contribution in [2.24, 2.45) is 0 Å². The number of fused-ring (bicyclic) bond motifs is 1. The molecule has 0 atom stereocenters. The molecule has 0 bridgehead atoms. The van der Waals surface area contributed by atoms with Gasteiger partial charge in [0.1, 0.15) is 5.00 Å². The number of thiophene rings is 1. The average molecular weight is 411 g/mol. The first-order valence-electron chi connectivity index (χ1n) is 8.85. The van der Waals surface area contributed by atoms with E-state index in [2.05, 4.69) is 15.5 Å². The zero-order chi connectivity index (χ0) is 19.4. The summed E-state index contributed by atoms with van der Waals surface area (Å²) in [6.07, 6.45) is 4.67. The van der Waals surface area contributed by atoms with Crippen molar-refractivity contribution < 1.29 is 14.3 Å². The molecular weight excluding hydrogens is 388 g/mol. The molecule has 27 heavy (non-hydrogen) atoms. The number of nitrogens with zero attached hydrogens (tertiary/aromatic N) is 2. The fraction of sp³-hybridized carbons (Fsp3) is 0.529. The van der Waals surface area contributed by atoms with Gasteiger partial charge in [0.05, 0.1) is 18.4 Å². The molecule has 0 aromatic carbocycles. The van der Waals surface area contributed by atoms with Gasteiger partial charge in [-0.05, 0) is 37.7 Å². The fourth-order valence-electron chi connectivity index (χ4n) is 3.10. The number of aryl methyl sites for hydroxylation is 1. The number of ether oxygens (including phenoxy) is 1. The summed E-state index contributed by atoms with van der Waals surface area (Å²) >= 11 is 2.64. The summed E-state index contributed by atoms with van der Waals surface area (Å²) in [6.45, 7) is 2.51. The first-order chi connectivity index (χ1) is 13.0. The third-order valence-corrected chi connectivity index (χ3v) is 6.50. The minimum absolute atomic E-state index is 0.0944. The summed E-state index contributed by atoms with van der Waals surface area (Å²) < 4.78 is 6.43. The van der Waals surface area contributed by atoms with Crippen molar-refractivity contribution in [3.05, 3.63) is 26.5 Å². The lowest BCUT2D eigenvalue weighted by atomic mass is 9.95. The number of amides is 1. The molecule has 0 aliphatic heterocycles. The average Bonchev–Trinajstić information content (AvgIpc) is 3.20. The Balaban J connectivity index is 1.72. The molecular formula is C17H22N4O4S2. The predicted molar refractivity (Wildman–Crippen MR) is 105 cm³/mol. The van der Waals surface area contributed by atoms with Crippen molar-refractivity contribution in [2.45, 2.75) is 50.7 Å². The van der Waals surface area contributed by atoms with E-state index in [-0.39, 0.29) is 17.3 Å². The van der Waals surface area contributed by atoms with Crippen molar-refractivity contribution in [2.75, 3.05) is 18.2 Å². The maximum absolute atomic E-state index is 12.4. The van der Waals surface area contributed by atoms with Crippen LogP contribution in [-0.4, -0.2) is 39.5 Å². The maximum Gasteiger partial charge on any atom is 0.343 e. The zero-order valence-corrected chi connectivity index (χ0v) is 16.9. The number of aromatic amines is 1. The number of thioether (sulfide) groups is 1. The van der Waals surface area contributed by atoms with Crippen LogP contribution in [0.2, 0.25) is 0 Å². The highest BCUT2D eigenvalue weighted by Crippen LogP contribution is 2.38. The summed E-state index contributed by atoms with van der Waals surface area (Å²) in [7, 11) is 1.35. The topological polar surface area (TPSA) is 106 Å². The van der Waals surface area contributed by atoms with E-state index < -0.39 is 5.97 Å². The molecule has 8 nitrogen and oxygen atoms in total. The Morgan fingerprint density at radius 3 is 2.89 bits per heavy atom. The third-order valence-electron chi connectivity index (χ3n) is 4.32. The van der Waals surface area contributed by atoms with Crippen LogP contribution in [-0.2, 0) is 28.9 Å². The van der Waals surface area contributed by atoms with Crippen LogP contribution >= 0.6 is 23.1 Å². The van der Waals surface area contributed by atoms with E-state index in [1.54, 1.807) is 0 Å². The van der Waals surface area contributed by atoms with Gasteiger partial charge in [-0.15, -0.1) is 16.4 Å². The number of carbonyl (C=O) groups is 2. The number of anilines is 1. The Labute approximate surface area is 164 Å². The highest BCUT2D eigenvalue weighted by atomic mass is 32.2. The van der Waals surface area contributed by atoms with Gasteiger partial charge in [0, 0.05) is 11.4 Å². The second-order valence-electron chi connectivity index (χ2n) is 6.21. The van der Waals surface area contributed by atoms with Gasteiger partial charge in [0.15, 0.2) is 5.16 Å². The third kappa shape index (κ3) is 4.27. The van der Waals surface area contributed by atoms with Gasteiger partial charge >= 0.3 is 11.7 Å². The van der Waals surface area contributed by atoms with Crippen molar-refractivity contribution in [1.82, 2.24) is 14.8 Å². The van der Waals surface area contributed by atoms with Gasteiger partial charge in [0.25, 0.3) is 0 Å². The number of H-pyrrole nitrogens is 1. The fourth-order valence-corrected chi connectivity index (χ4v) is 5.17. The maximum atomic E-state index is 12.4. The number of esters is 1. The second kappa shape index (κ2) is 8.75. The van der Waals surface area contributed by atoms with Gasteiger partial charge in [0.2, 0.25) is 5.91 Å². The number of methoxy groups -OCH3 is 1. The monoisotopic (exact) mass is 410 g/mol. The smallest absolute Gasteiger partial charge is 0.343 e. The molecule has 0 radical (unpaired) electrons. The summed E-state index contributed by atoms with van der Waals surface area (Å²) in [4.78, 5) is 37.5. The molecule has 0 saturated heterocycles. The highest BCUT2D eigenvalue weighted by molar-refractivity contribution is 7.99. The van der Waals surface area contributed by atoms with Crippen LogP contribution in [0.3, 0.4) is 0 Å². The molecule has 2 aromatic heterocycles. The predicted octanol–water partition coefficient (Wildman–Crippen LogP) is 2.44. The van der Waals surface area contributed by atoms with E-state index in [0.717, 1.165) is 42.5 Å². The van der Waals surface area contributed by atoms with Crippen LogP contribution in [0, 0.1) is 0 Å². The Morgan fingerprint density at radius 2 is 2.15 bits per heavy atom. The van der Waals surface area contributed by atoms with Crippen LogP contribution in [0.25, 0.3) is 0 Å². The van der Waals surface area contributed by atoms with Crippen LogP contribution in [0.5, 0.6) is 0 Å². The molecule has 1 aliphatic carbocycles. The molecule has 0 saturated carbocycles. The first-order valence-corrected chi connectivity index (χ1v) is 10.7. The molecule has 2 heterocycles. The largest absolute Gasteiger partial charge is 0.465 e. The lowest BCUT2D eigenvalue weighted by Crippen LogP contribution is -2.19. The minimum atomic E-state index is -0.415. The van der Waals surface area contributed by atoms with E-state index in [1.807, 2.05) is 6.92 Å². The molecule has 0 unspecified atom stereocenters. The van der Waals surface area contributed by atoms with Crippen molar-refractivity contribution in [1.29, 1.82) is 0 Å². The minimum Gasteiger partial charge on any atom is -0.465 e. The number of aromatic nitrogens is 3. The van der Waals surface area contributed by atoms with Gasteiger partial charge in [-0.2, -0.15) is 0 Å². The van der Waals surface area contributed by atoms with E-state index in [1.165, 1.54) is 34.8 Å². The molecule has 3 rings (SSSR count). The van der Waals surface area contributed by atoms with Crippen molar-refractivity contribution in [3.8, 4) is 0 Å². The summed E-state index contributed by atoms with van der Waals surface area (Å²) in [6, 6.07) is 0. The van der Waals surface area contributed by atoms with Crippen molar-refractivity contribution in [3.63, 3.8) is 0 Å². The lowest BCUT2D eigenvalue weighted by molar-refractivity contribution is -0.113. The van der Waals surface area contributed by atoms with Gasteiger partial charge in [-0.1, -0.05) is 18.7 Å². The normalized spacial score (nSPS) is 13.3. The first kappa shape index (κ1) is 19.7. The summed E-state index contributed by atoms with van der Waals surface area (Å²) in [5.74, 6) is -0.569. The summed E-state index contributed by atoms with van der Waals surface area (Å²) in [5.41, 5.74) is 1.21. The number of rotatable bonds is 7. The van der Waals surface area contributed by atoms with E-state index in [9.17, 15) is 14.4 Å². The lowest BCUT2D eigenvalue weighted by Gasteiger charge is -2.11. The number of hydrogen-bond acceptors (Lipinski definition) is 7. The standard InChI is InChI=1S/C17H22N4O4S2/c1-3-8-21-16(24)19-20-17(21)26-9-12(22)18-14-13(15(23)25-2)10-6-4-5-7-11(10)27-14/h3-9H2,1-2H3,(H,18,22)(H,19,24). The van der Waals surface area contributed by atoms with Gasteiger partial charge < -0.3 is 10.1 Å². The number of hydrogen-bond donors (Lipinski definition) is 2. The van der Waals surface area contributed by atoms with Gasteiger partial charge in [-0.3, -0.25) is 9.36 Å². The molecule has 10 heteroatoms. The molecule has 1 amide bonds. The van der Waals surface area contributed by atoms with E-state index in [0.29, 0.717) is 22.3 Å². The second-order valence-corrected chi connectivity index (χ2v) is 8.25. The summed E-state index contributed by atoms with van der Waals surface area (Å²) in [5, 5.41) is 10.2. The Bertz CT molecular complexity index is 899. The Kier molecular flexibility index (Phi) is 6.38. The molecule has 2 N–H and O–H groups in total.